The summed E-state index contributed by atoms with van der Waals surface area (Å²) in [5.41, 5.74) is -0.529. The SMILES string of the molecule is CCOC(CC)(CC)C(O)C1CCCC(S(C)(=O)=O)C1. The molecule has 0 saturated heterocycles. The Hall–Kier alpha value is -0.130. The topological polar surface area (TPSA) is 63.6 Å². The summed E-state index contributed by atoms with van der Waals surface area (Å²) in [6.07, 6.45) is 5.27. The lowest BCUT2D eigenvalue weighted by Gasteiger charge is -2.42. The first-order chi connectivity index (χ1) is 9.30. The number of aliphatic hydroxyl groups is 1. The van der Waals surface area contributed by atoms with Crippen molar-refractivity contribution in [2.45, 2.75) is 76.3 Å². The van der Waals surface area contributed by atoms with Gasteiger partial charge < -0.3 is 9.84 Å². The summed E-state index contributed by atoms with van der Waals surface area (Å²) < 4.78 is 29.4. The third kappa shape index (κ3) is 3.95. The van der Waals surface area contributed by atoms with Crippen molar-refractivity contribution in [2.24, 2.45) is 5.92 Å². The zero-order valence-corrected chi connectivity index (χ0v) is 14.1. The van der Waals surface area contributed by atoms with Crippen LogP contribution in [0.2, 0.25) is 0 Å². The summed E-state index contributed by atoms with van der Waals surface area (Å²) in [6.45, 7) is 6.56. The highest BCUT2D eigenvalue weighted by Crippen LogP contribution is 2.38. The first-order valence-electron chi connectivity index (χ1n) is 7.81. The van der Waals surface area contributed by atoms with E-state index >= 15 is 0 Å². The molecule has 0 spiro atoms. The third-order valence-electron chi connectivity index (χ3n) is 4.89. The van der Waals surface area contributed by atoms with Gasteiger partial charge in [-0.05, 0) is 44.9 Å². The molecule has 1 rings (SSSR count). The third-order valence-corrected chi connectivity index (χ3v) is 6.53. The fraction of sp³-hybridized carbons (Fsp3) is 1.00. The number of aliphatic hydroxyl groups excluding tert-OH is 1. The molecule has 3 unspecified atom stereocenters. The Balaban J connectivity index is 2.86. The van der Waals surface area contributed by atoms with Gasteiger partial charge in [-0.25, -0.2) is 8.42 Å². The summed E-state index contributed by atoms with van der Waals surface area (Å²) >= 11 is 0. The van der Waals surface area contributed by atoms with E-state index in [2.05, 4.69) is 0 Å². The molecule has 0 aliphatic heterocycles. The van der Waals surface area contributed by atoms with Crippen LogP contribution in [0.1, 0.15) is 59.3 Å². The van der Waals surface area contributed by atoms with Gasteiger partial charge in [0.25, 0.3) is 0 Å². The van der Waals surface area contributed by atoms with E-state index in [1.807, 2.05) is 20.8 Å². The van der Waals surface area contributed by atoms with Gasteiger partial charge in [-0.1, -0.05) is 20.3 Å². The standard InChI is InChI=1S/C15H30O4S/c1-5-15(6-2,19-7-3)14(16)12-9-8-10-13(11-12)20(4,17)18/h12-14,16H,5-11H2,1-4H3. The maximum absolute atomic E-state index is 11.8. The first-order valence-corrected chi connectivity index (χ1v) is 9.77. The second-order valence-electron chi connectivity index (χ2n) is 6.03. The van der Waals surface area contributed by atoms with E-state index in [0.29, 0.717) is 13.0 Å². The molecule has 1 N–H and O–H groups in total. The molecule has 0 bridgehead atoms. The second-order valence-corrected chi connectivity index (χ2v) is 8.35. The largest absolute Gasteiger partial charge is 0.390 e. The smallest absolute Gasteiger partial charge is 0.150 e. The number of hydrogen-bond donors (Lipinski definition) is 1. The van der Waals surface area contributed by atoms with Crippen molar-refractivity contribution in [2.75, 3.05) is 12.9 Å². The van der Waals surface area contributed by atoms with Crippen molar-refractivity contribution >= 4 is 9.84 Å². The van der Waals surface area contributed by atoms with E-state index in [9.17, 15) is 13.5 Å². The van der Waals surface area contributed by atoms with Gasteiger partial charge in [0.05, 0.1) is 17.0 Å². The Morgan fingerprint density at radius 3 is 2.30 bits per heavy atom. The molecule has 4 nitrogen and oxygen atoms in total. The molecular weight excluding hydrogens is 276 g/mol. The van der Waals surface area contributed by atoms with Crippen LogP contribution in [-0.4, -0.2) is 43.3 Å². The minimum Gasteiger partial charge on any atom is -0.390 e. The zero-order valence-electron chi connectivity index (χ0n) is 13.3. The average Bonchev–Trinajstić information content (AvgIpc) is 2.43. The molecule has 0 aromatic carbocycles. The van der Waals surface area contributed by atoms with Crippen LogP contribution >= 0.6 is 0 Å². The predicted molar refractivity (Wildman–Crippen MR) is 81.5 cm³/mol. The van der Waals surface area contributed by atoms with Crippen molar-refractivity contribution in [1.29, 1.82) is 0 Å². The lowest BCUT2D eigenvalue weighted by Crippen LogP contribution is -2.50. The van der Waals surface area contributed by atoms with Gasteiger partial charge in [0.15, 0.2) is 0 Å². The van der Waals surface area contributed by atoms with Crippen molar-refractivity contribution < 1.29 is 18.3 Å². The lowest BCUT2D eigenvalue weighted by molar-refractivity contribution is -0.147. The summed E-state index contributed by atoms with van der Waals surface area (Å²) in [5.74, 6) is 0.0231. The van der Waals surface area contributed by atoms with Gasteiger partial charge in [0.2, 0.25) is 0 Å². The van der Waals surface area contributed by atoms with Crippen molar-refractivity contribution in [3.63, 3.8) is 0 Å². The van der Waals surface area contributed by atoms with E-state index < -0.39 is 21.5 Å². The van der Waals surface area contributed by atoms with Crippen LogP contribution in [0.15, 0.2) is 0 Å². The molecule has 0 heterocycles. The van der Waals surface area contributed by atoms with Crippen LogP contribution in [0.25, 0.3) is 0 Å². The number of rotatable bonds is 7. The van der Waals surface area contributed by atoms with Crippen molar-refractivity contribution in [3.05, 3.63) is 0 Å². The predicted octanol–water partition coefficient (Wildman–Crippen LogP) is 2.55. The minimum atomic E-state index is -3.02. The minimum absolute atomic E-state index is 0.0231. The maximum atomic E-state index is 11.8. The highest BCUT2D eigenvalue weighted by molar-refractivity contribution is 7.91. The quantitative estimate of drug-likeness (QED) is 0.785. The molecule has 0 radical (unpaired) electrons. The molecule has 0 aromatic rings. The number of hydrogen-bond acceptors (Lipinski definition) is 4. The Bertz CT molecular complexity index is 387. The summed E-state index contributed by atoms with van der Waals surface area (Å²) in [7, 11) is -3.02. The highest BCUT2D eigenvalue weighted by atomic mass is 32.2. The molecular formula is C15H30O4S. The van der Waals surface area contributed by atoms with E-state index in [1.54, 1.807) is 0 Å². The van der Waals surface area contributed by atoms with E-state index in [-0.39, 0.29) is 11.2 Å². The number of sulfone groups is 1. The van der Waals surface area contributed by atoms with E-state index in [1.165, 1.54) is 6.26 Å². The molecule has 5 heteroatoms. The maximum Gasteiger partial charge on any atom is 0.150 e. The second kappa shape index (κ2) is 7.23. The molecule has 0 amide bonds. The Morgan fingerprint density at radius 1 is 1.25 bits per heavy atom. The average molecular weight is 306 g/mol. The molecule has 1 aliphatic rings. The fourth-order valence-corrected chi connectivity index (χ4v) is 4.72. The van der Waals surface area contributed by atoms with Crippen molar-refractivity contribution in [3.8, 4) is 0 Å². The summed E-state index contributed by atoms with van der Waals surface area (Å²) in [6, 6.07) is 0. The van der Waals surface area contributed by atoms with Crippen LogP contribution in [0.4, 0.5) is 0 Å². The Labute approximate surface area is 123 Å². The first kappa shape index (κ1) is 17.9. The summed E-state index contributed by atoms with van der Waals surface area (Å²) in [4.78, 5) is 0. The highest BCUT2D eigenvalue weighted by Gasteiger charge is 2.43. The van der Waals surface area contributed by atoms with Crippen LogP contribution < -0.4 is 0 Å². The van der Waals surface area contributed by atoms with Crippen molar-refractivity contribution in [1.82, 2.24) is 0 Å². The Kier molecular flexibility index (Phi) is 6.48. The van der Waals surface area contributed by atoms with Gasteiger partial charge in [-0.15, -0.1) is 0 Å². The van der Waals surface area contributed by atoms with E-state index in [4.69, 9.17) is 4.74 Å². The monoisotopic (exact) mass is 306 g/mol. The Morgan fingerprint density at radius 2 is 1.85 bits per heavy atom. The van der Waals surface area contributed by atoms with Crippen LogP contribution in [0, 0.1) is 5.92 Å². The fourth-order valence-electron chi connectivity index (χ4n) is 3.53. The molecule has 3 atom stereocenters. The van der Waals surface area contributed by atoms with Gasteiger partial charge >= 0.3 is 0 Å². The van der Waals surface area contributed by atoms with Gasteiger partial charge in [0.1, 0.15) is 9.84 Å². The van der Waals surface area contributed by atoms with Crippen LogP contribution in [-0.2, 0) is 14.6 Å². The van der Waals surface area contributed by atoms with Gasteiger partial charge in [0, 0.05) is 12.9 Å². The van der Waals surface area contributed by atoms with Crippen LogP contribution in [0.3, 0.4) is 0 Å². The molecule has 20 heavy (non-hydrogen) atoms. The zero-order chi connectivity index (χ0) is 15.4. The summed E-state index contributed by atoms with van der Waals surface area (Å²) in [5, 5.41) is 10.5. The van der Waals surface area contributed by atoms with Crippen LogP contribution in [0.5, 0.6) is 0 Å². The number of ether oxygens (including phenoxy) is 1. The molecule has 1 fully saturated rings. The molecule has 0 aromatic heterocycles. The normalized spacial score (nSPS) is 26.4. The van der Waals surface area contributed by atoms with E-state index in [0.717, 1.165) is 32.1 Å². The van der Waals surface area contributed by atoms with Gasteiger partial charge in [-0.2, -0.15) is 0 Å². The molecule has 1 aliphatic carbocycles. The molecule has 120 valence electrons. The van der Waals surface area contributed by atoms with Gasteiger partial charge in [-0.3, -0.25) is 0 Å². The lowest BCUT2D eigenvalue weighted by atomic mass is 9.76. The molecule has 1 saturated carbocycles.